The average Bonchev–Trinajstić information content (AvgIpc) is 2.38. The van der Waals surface area contributed by atoms with E-state index in [1.165, 1.54) is 10.4 Å². The van der Waals surface area contributed by atoms with Crippen molar-refractivity contribution in [3.63, 3.8) is 0 Å². The van der Waals surface area contributed by atoms with Crippen LogP contribution < -0.4 is 0 Å². The molecule has 2 N–H and O–H groups in total. The normalized spacial score (nSPS) is 21.3. The molecular weight excluding hydrogens is 296 g/mol. The highest BCUT2D eigenvalue weighted by atomic mass is 32.2. The summed E-state index contributed by atoms with van der Waals surface area (Å²) in [5, 5.41) is 18.5. The van der Waals surface area contributed by atoms with Crippen LogP contribution in [0.1, 0.15) is 17.3 Å². The molecule has 1 aliphatic rings. The molecule has 1 heterocycles. The van der Waals surface area contributed by atoms with Gasteiger partial charge in [0.25, 0.3) is 0 Å². The lowest BCUT2D eigenvalue weighted by atomic mass is 10.2. The molecule has 1 aromatic rings. The van der Waals surface area contributed by atoms with Crippen LogP contribution in [0, 0.1) is 0 Å². The average molecular weight is 314 g/mol. The van der Waals surface area contributed by atoms with Crippen molar-refractivity contribution in [2.75, 3.05) is 26.7 Å². The number of aromatic hydroxyl groups is 1. The van der Waals surface area contributed by atoms with Crippen LogP contribution in [0.2, 0.25) is 0 Å². The zero-order chi connectivity index (χ0) is 15.8. The van der Waals surface area contributed by atoms with E-state index in [9.17, 15) is 18.3 Å². The number of likely N-dealkylation sites (N-methyl/N-ethyl adjacent to an activating group) is 1. The summed E-state index contributed by atoms with van der Waals surface area (Å²) in [6.45, 7) is 3.39. The maximum atomic E-state index is 12.6. The highest BCUT2D eigenvalue weighted by molar-refractivity contribution is 7.89. The van der Waals surface area contributed by atoms with Crippen molar-refractivity contribution in [3.8, 4) is 5.75 Å². The van der Waals surface area contributed by atoms with Crippen molar-refractivity contribution in [1.82, 2.24) is 9.21 Å². The van der Waals surface area contributed by atoms with Gasteiger partial charge in [-0.25, -0.2) is 13.2 Å². The molecule has 0 amide bonds. The number of phenols is 1. The highest BCUT2D eigenvalue weighted by Crippen LogP contribution is 2.25. The smallest absolute Gasteiger partial charge is 0.339 e. The quantitative estimate of drug-likeness (QED) is 0.839. The van der Waals surface area contributed by atoms with E-state index in [-0.39, 0.29) is 10.9 Å². The molecule has 0 spiro atoms. The molecule has 8 heteroatoms. The minimum atomic E-state index is -3.78. The van der Waals surface area contributed by atoms with E-state index in [4.69, 9.17) is 5.11 Å². The number of carboxylic acids is 1. The Morgan fingerprint density at radius 2 is 2.00 bits per heavy atom. The third kappa shape index (κ3) is 3.02. The van der Waals surface area contributed by atoms with Crippen LogP contribution in [-0.2, 0) is 10.0 Å². The predicted octanol–water partition coefficient (Wildman–Crippen LogP) is 0.415. The summed E-state index contributed by atoms with van der Waals surface area (Å²) in [7, 11) is -1.86. The van der Waals surface area contributed by atoms with Crippen molar-refractivity contribution in [1.29, 1.82) is 0 Å². The van der Waals surface area contributed by atoms with Crippen LogP contribution in [0.5, 0.6) is 5.75 Å². The van der Waals surface area contributed by atoms with Gasteiger partial charge in [0, 0.05) is 25.7 Å². The number of aromatic carboxylic acids is 1. The molecule has 21 heavy (non-hydrogen) atoms. The maximum absolute atomic E-state index is 12.6. The van der Waals surface area contributed by atoms with Crippen LogP contribution in [-0.4, -0.2) is 66.5 Å². The third-order valence-corrected chi connectivity index (χ3v) is 5.58. The number of carboxylic acid groups (broad SMARTS) is 1. The molecule has 1 saturated heterocycles. The lowest BCUT2D eigenvalue weighted by Crippen LogP contribution is -2.52. The Hall–Kier alpha value is -1.64. The Kier molecular flexibility index (Phi) is 4.22. The zero-order valence-corrected chi connectivity index (χ0v) is 12.7. The molecule has 2 rings (SSSR count). The first-order valence-corrected chi connectivity index (χ1v) is 7.94. The second kappa shape index (κ2) is 5.63. The molecule has 116 valence electrons. The molecule has 0 radical (unpaired) electrons. The summed E-state index contributed by atoms with van der Waals surface area (Å²) >= 11 is 0. The Bertz CT molecular complexity index is 659. The summed E-state index contributed by atoms with van der Waals surface area (Å²) in [6, 6.07) is 3.12. The van der Waals surface area contributed by atoms with E-state index < -0.39 is 27.3 Å². The second-order valence-electron chi connectivity index (χ2n) is 5.21. The van der Waals surface area contributed by atoms with Crippen LogP contribution in [0.15, 0.2) is 23.1 Å². The second-order valence-corrected chi connectivity index (χ2v) is 7.10. The molecule has 0 aliphatic carbocycles. The molecule has 0 aromatic heterocycles. The number of piperazine rings is 1. The van der Waals surface area contributed by atoms with Crippen molar-refractivity contribution in [3.05, 3.63) is 23.8 Å². The fourth-order valence-electron chi connectivity index (χ4n) is 2.46. The standard InChI is InChI=1S/C13H18N2O5S/c1-9-8-14(2)5-6-15(9)21(19,20)10-3-4-12(16)11(7-10)13(17)18/h3-4,7,9,16H,5-6,8H2,1-2H3,(H,17,18). The molecule has 0 bridgehead atoms. The predicted molar refractivity (Wildman–Crippen MR) is 75.9 cm³/mol. The van der Waals surface area contributed by atoms with E-state index >= 15 is 0 Å². The van der Waals surface area contributed by atoms with Gasteiger partial charge in [0.05, 0.1) is 4.90 Å². The van der Waals surface area contributed by atoms with E-state index in [1.807, 2.05) is 18.9 Å². The summed E-state index contributed by atoms with van der Waals surface area (Å²) in [4.78, 5) is 12.9. The number of benzene rings is 1. The van der Waals surface area contributed by atoms with Crippen LogP contribution in [0.4, 0.5) is 0 Å². The Balaban J connectivity index is 2.40. The molecule has 1 unspecified atom stereocenters. The number of nitrogens with zero attached hydrogens (tertiary/aromatic N) is 2. The van der Waals surface area contributed by atoms with Gasteiger partial charge in [-0.15, -0.1) is 0 Å². The summed E-state index contributed by atoms with van der Waals surface area (Å²) in [5.41, 5.74) is -0.419. The number of rotatable bonds is 3. The summed E-state index contributed by atoms with van der Waals surface area (Å²) in [5.74, 6) is -1.82. The van der Waals surface area contributed by atoms with Crippen LogP contribution >= 0.6 is 0 Å². The minimum Gasteiger partial charge on any atom is -0.507 e. The Labute approximate surface area is 123 Å². The number of sulfonamides is 1. The number of hydrogen-bond donors (Lipinski definition) is 2. The molecule has 1 fully saturated rings. The summed E-state index contributed by atoms with van der Waals surface area (Å²) < 4.78 is 26.6. The van der Waals surface area contributed by atoms with E-state index in [0.29, 0.717) is 19.6 Å². The molecule has 1 atom stereocenters. The molecule has 0 saturated carbocycles. The topological polar surface area (TPSA) is 98.2 Å². The van der Waals surface area contributed by atoms with Crippen molar-refractivity contribution < 1.29 is 23.4 Å². The first kappa shape index (κ1) is 15.7. The van der Waals surface area contributed by atoms with Crippen molar-refractivity contribution in [2.45, 2.75) is 17.9 Å². The van der Waals surface area contributed by atoms with Gasteiger partial charge in [-0.05, 0) is 32.2 Å². The minimum absolute atomic E-state index is 0.117. The van der Waals surface area contributed by atoms with Crippen LogP contribution in [0.25, 0.3) is 0 Å². The zero-order valence-electron chi connectivity index (χ0n) is 11.9. The maximum Gasteiger partial charge on any atom is 0.339 e. The monoisotopic (exact) mass is 314 g/mol. The highest BCUT2D eigenvalue weighted by Gasteiger charge is 2.33. The van der Waals surface area contributed by atoms with Gasteiger partial charge in [-0.2, -0.15) is 4.31 Å². The van der Waals surface area contributed by atoms with Gasteiger partial charge in [-0.3, -0.25) is 0 Å². The lowest BCUT2D eigenvalue weighted by molar-refractivity contribution is 0.0693. The van der Waals surface area contributed by atoms with Crippen LogP contribution in [0.3, 0.4) is 0 Å². The van der Waals surface area contributed by atoms with Gasteiger partial charge >= 0.3 is 5.97 Å². The summed E-state index contributed by atoms with van der Waals surface area (Å²) in [6.07, 6.45) is 0. The van der Waals surface area contributed by atoms with Gasteiger partial charge in [-0.1, -0.05) is 0 Å². The van der Waals surface area contributed by atoms with Gasteiger partial charge in [0.15, 0.2) is 0 Å². The number of carbonyl (C=O) groups is 1. The largest absolute Gasteiger partial charge is 0.507 e. The van der Waals surface area contributed by atoms with Crippen molar-refractivity contribution in [2.24, 2.45) is 0 Å². The Morgan fingerprint density at radius 1 is 1.33 bits per heavy atom. The molecular formula is C13H18N2O5S. The van der Waals surface area contributed by atoms with Gasteiger partial charge in [0.2, 0.25) is 10.0 Å². The SMILES string of the molecule is CC1CN(C)CCN1S(=O)(=O)c1ccc(O)c(C(=O)O)c1. The fourth-order valence-corrected chi connectivity index (χ4v) is 4.10. The van der Waals surface area contributed by atoms with E-state index in [2.05, 4.69) is 0 Å². The van der Waals surface area contributed by atoms with Crippen molar-refractivity contribution >= 4 is 16.0 Å². The number of hydrogen-bond acceptors (Lipinski definition) is 5. The molecule has 1 aromatic carbocycles. The van der Waals surface area contributed by atoms with E-state index in [0.717, 1.165) is 12.1 Å². The van der Waals surface area contributed by atoms with Gasteiger partial charge < -0.3 is 15.1 Å². The fraction of sp³-hybridized carbons (Fsp3) is 0.462. The molecule has 1 aliphatic heterocycles. The van der Waals surface area contributed by atoms with Gasteiger partial charge in [0.1, 0.15) is 11.3 Å². The lowest BCUT2D eigenvalue weighted by Gasteiger charge is -2.37. The third-order valence-electron chi connectivity index (χ3n) is 3.57. The molecule has 7 nitrogen and oxygen atoms in total. The Morgan fingerprint density at radius 3 is 2.57 bits per heavy atom. The first-order chi connectivity index (χ1) is 9.73. The first-order valence-electron chi connectivity index (χ1n) is 6.50. The van der Waals surface area contributed by atoms with E-state index in [1.54, 1.807) is 0 Å².